The smallest absolute Gasteiger partial charge is 0.317 e. The fourth-order valence-corrected chi connectivity index (χ4v) is 4.22. The molecule has 1 aliphatic carbocycles. The number of hydrogen-bond acceptors (Lipinski definition) is 5. The number of benzene rings is 1. The van der Waals surface area contributed by atoms with Crippen molar-refractivity contribution in [3.05, 3.63) is 30.0 Å². The molecule has 1 aromatic heterocycles. The Balaban J connectivity index is 0.000000207. The molecule has 0 unspecified atom stereocenters. The zero-order valence-electron chi connectivity index (χ0n) is 19.6. The van der Waals surface area contributed by atoms with E-state index in [-0.39, 0.29) is 11.8 Å². The van der Waals surface area contributed by atoms with E-state index >= 15 is 0 Å². The highest BCUT2D eigenvalue weighted by atomic mass is 16.3. The highest BCUT2D eigenvalue weighted by Gasteiger charge is 2.17. The molecule has 1 aliphatic heterocycles. The minimum Gasteiger partial charge on any atom is -0.451 e. The van der Waals surface area contributed by atoms with Crippen LogP contribution in [0.2, 0.25) is 0 Å². The minimum absolute atomic E-state index is 0.0434. The van der Waals surface area contributed by atoms with Crippen molar-refractivity contribution < 1.29 is 14.0 Å². The van der Waals surface area contributed by atoms with E-state index < -0.39 is 5.91 Å². The van der Waals surface area contributed by atoms with E-state index in [1.807, 2.05) is 12.1 Å². The first-order valence-corrected chi connectivity index (χ1v) is 11.7. The summed E-state index contributed by atoms with van der Waals surface area (Å²) in [5.74, 6) is -0.313. The Bertz CT molecular complexity index is 896. The van der Waals surface area contributed by atoms with Gasteiger partial charge in [0.1, 0.15) is 5.58 Å². The van der Waals surface area contributed by atoms with Crippen LogP contribution in [0.4, 0.5) is 10.5 Å². The standard InChI is InChI=1S/C15H19N3O2.C9H18N2O/c1-2-17-5-7-18(8-6-17)12-3-4-13-11(9-12)10-14(20-13)15(16)19;1-11(2)9(12)10-8-6-4-3-5-7-8/h3-4,9-10H,2,5-8H2,1H3,(H2,16,19);8H,3-7H2,1-2H3,(H,10,12). The summed E-state index contributed by atoms with van der Waals surface area (Å²) in [6, 6.07) is 8.19. The van der Waals surface area contributed by atoms with Gasteiger partial charge in [-0.2, -0.15) is 0 Å². The van der Waals surface area contributed by atoms with Crippen molar-refractivity contribution in [1.82, 2.24) is 15.1 Å². The molecule has 176 valence electrons. The van der Waals surface area contributed by atoms with Gasteiger partial charge in [0, 0.05) is 57.4 Å². The second kappa shape index (κ2) is 11.2. The number of amides is 3. The van der Waals surface area contributed by atoms with Crippen LogP contribution < -0.4 is 16.0 Å². The van der Waals surface area contributed by atoms with E-state index in [0.717, 1.165) is 51.0 Å². The molecular weight excluding hydrogens is 406 g/mol. The van der Waals surface area contributed by atoms with Gasteiger partial charge in [-0.25, -0.2) is 4.79 Å². The summed E-state index contributed by atoms with van der Waals surface area (Å²) in [6.45, 7) is 7.54. The highest BCUT2D eigenvalue weighted by Crippen LogP contribution is 2.26. The van der Waals surface area contributed by atoms with Crippen molar-refractivity contribution in [2.75, 3.05) is 51.7 Å². The first-order valence-electron chi connectivity index (χ1n) is 11.7. The van der Waals surface area contributed by atoms with E-state index in [1.54, 1.807) is 25.1 Å². The lowest BCUT2D eigenvalue weighted by molar-refractivity contribution is 0.0976. The lowest BCUT2D eigenvalue weighted by Gasteiger charge is -2.35. The average molecular weight is 444 g/mol. The number of nitrogens with zero attached hydrogens (tertiary/aromatic N) is 3. The van der Waals surface area contributed by atoms with Crippen LogP contribution in [0.25, 0.3) is 11.0 Å². The Kier molecular flexibility index (Phi) is 8.39. The summed E-state index contributed by atoms with van der Waals surface area (Å²) in [7, 11) is 3.55. The number of nitrogens with two attached hydrogens (primary N) is 1. The topological polar surface area (TPSA) is 95.1 Å². The number of urea groups is 1. The van der Waals surface area contributed by atoms with Crippen molar-refractivity contribution in [1.29, 1.82) is 0 Å². The lowest BCUT2D eigenvalue weighted by atomic mass is 9.96. The Morgan fingerprint density at radius 1 is 1.09 bits per heavy atom. The lowest BCUT2D eigenvalue weighted by Crippen LogP contribution is -2.46. The number of carbonyl (C=O) groups excluding carboxylic acids is 2. The molecule has 3 amide bonds. The van der Waals surface area contributed by atoms with Gasteiger partial charge in [-0.1, -0.05) is 26.2 Å². The Hall–Kier alpha value is -2.74. The zero-order valence-corrected chi connectivity index (χ0v) is 19.6. The van der Waals surface area contributed by atoms with Gasteiger partial charge in [0.2, 0.25) is 0 Å². The summed E-state index contributed by atoms with van der Waals surface area (Å²) in [5.41, 5.74) is 7.12. The van der Waals surface area contributed by atoms with Crippen molar-refractivity contribution >= 4 is 28.6 Å². The molecule has 0 bridgehead atoms. The van der Waals surface area contributed by atoms with Crippen LogP contribution in [0.3, 0.4) is 0 Å². The van der Waals surface area contributed by atoms with E-state index in [9.17, 15) is 9.59 Å². The summed E-state index contributed by atoms with van der Waals surface area (Å²) in [4.78, 5) is 28.8. The number of anilines is 1. The summed E-state index contributed by atoms with van der Waals surface area (Å²) >= 11 is 0. The molecule has 0 radical (unpaired) electrons. The van der Waals surface area contributed by atoms with Crippen molar-refractivity contribution in [3.63, 3.8) is 0 Å². The van der Waals surface area contributed by atoms with Gasteiger partial charge in [0.15, 0.2) is 5.76 Å². The number of fused-ring (bicyclic) bond motifs is 1. The number of primary amides is 1. The second-order valence-corrected chi connectivity index (χ2v) is 8.80. The predicted octanol–water partition coefficient (Wildman–Crippen LogP) is 3.26. The molecule has 32 heavy (non-hydrogen) atoms. The normalized spacial score (nSPS) is 17.5. The van der Waals surface area contributed by atoms with Crippen molar-refractivity contribution in [2.45, 2.75) is 45.1 Å². The van der Waals surface area contributed by atoms with Crippen LogP contribution in [0.5, 0.6) is 0 Å². The minimum atomic E-state index is -0.528. The van der Waals surface area contributed by atoms with Crippen LogP contribution in [0.15, 0.2) is 28.7 Å². The SMILES string of the molecule is CCN1CCN(c2ccc3oc(C(N)=O)cc3c2)CC1.CN(C)C(=O)NC1CCCCC1. The number of carbonyl (C=O) groups is 2. The fraction of sp³-hybridized carbons (Fsp3) is 0.583. The summed E-state index contributed by atoms with van der Waals surface area (Å²) < 4.78 is 5.40. The quantitative estimate of drug-likeness (QED) is 0.756. The maximum atomic E-state index is 11.2. The molecule has 2 aliphatic rings. The maximum Gasteiger partial charge on any atom is 0.317 e. The number of hydrogen-bond donors (Lipinski definition) is 2. The fourth-order valence-electron chi connectivity index (χ4n) is 4.22. The molecule has 8 nitrogen and oxygen atoms in total. The Morgan fingerprint density at radius 2 is 1.78 bits per heavy atom. The molecule has 8 heteroatoms. The van der Waals surface area contributed by atoms with Crippen LogP contribution in [-0.4, -0.2) is 74.6 Å². The monoisotopic (exact) mass is 443 g/mol. The van der Waals surface area contributed by atoms with Gasteiger partial charge < -0.3 is 30.2 Å². The number of rotatable bonds is 4. The van der Waals surface area contributed by atoms with E-state index in [0.29, 0.717) is 11.6 Å². The van der Waals surface area contributed by atoms with Gasteiger partial charge in [-0.3, -0.25) is 4.79 Å². The largest absolute Gasteiger partial charge is 0.451 e. The van der Waals surface area contributed by atoms with E-state index in [1.165, 1.54) is 24.9 Å². The van der Waals surface area contributed by atoms with Crippen LogP contribution in [0.1, 0.15) is 49.6 Å². The Morgan fingerprint density at radius 3 is 2.38 bits per heavy atom. The molecule has 3 N–H and O–H groups in total. The van der Waals surface area contributed by atoms with E-state index in [4.69, 9.17) is 10.2 Å². The number of furan rings is 1. The van der Waals surface area contributed by atoms with Gasteiger partial charge in [0.25, 0.3) is 5.91 Å². The number of piperazine rings is 1. The van der Waals surface area contributed by atoms with Gasteiger partial charge in [0.05, 0.1) is 0 Å². The molecule has 2 aromatic rings. The average Bonchev–Trinajstić information content (AvgIpc) is 3.24. The molecule has 1 saturated heterocycles. The molecule has 1 aromatic carbocycles. The molecule has 0 atom stereocenters. The third-order valence-electron chi connectivity index (χ3n) is 6.27. The van der Waals surface area contributed by atoms with Gasteiger partial charge in [-0.15, -0.1) is 0 Å². The molecule has 4 rings (SSSR count). The second-order valence-electron chi connectivity index (χ2n) is 8.80. The van der Waals surface area contributed by atoms with Crippen LogP contribution in [0, 0.1) is 0 Å². The van der Waals surface area contributed by atoms with Crippen LogP contribution >= 0.6 is 0 Å². The number of nitrogens with one attached hydrogen (secondary N) is 1. The first kappa shape index (κ1) is 23.9. The highest BCUT2D eigenvalue weighted by molar-refractivity contribution is 5.95. The third-order valence-corrected chi connectivity index (χ3v) is 6.27. The van der Waals surface area contributed by atoms with Crippen molar-refractivity contribution in [3.8, 4) is 0 Å². The number of likely N-dealkylation sites (N-methyl/N-ethyl adjacent to an activating group) is 1. The molecular formula is C24H37N5O3. The van der Waals surface area contributed by atoms with Crippen molar-refractivity contribution in [2.24, 2.45) is 5.73 Å². The maximum absolute atomic E-state index is 11.2. The van der Waals surface area contributed by atoms with Gasteiger partial charge >= 0.3 is 6.03 Å². The predicted molar refractivity (Wildman–Crippen MR) is 128 cm³/mol. The van der Waals surface area contributed by atoms with Gasteiger partial charge in [-0.05, 0) is 43.7 Å². The zero-order chi connectivity index (χ0) is 23.1. The summed E-state index contributed by atoms with van der Waals surface area (Å²) in [5, 5.41) is 3.93. The third kappa shape index (κ3) is 6.38. The summed E-state index contributed by atoms with van der Waals surface area (Å²) in [6.07, 6.45) is 6.16. The molecule has 1 saturated carbocycles. The molecule has 0 spiro atoms. The Labute approximate surface area is 190 Å². The van der Waals surface area contributed by atoms with Crippen LogP contribution in [-0.2, 0) is 0 Å². The molecule has 2 heterocycles. The first-order chi connectivity index (χ1) is 15.4. The van der Waals surface area contributed by atoms with E-state index in [2.05, 4.69) is 28.1 Å². The molecule has 2 fully saturated rings.